The minimum Gasteiger partial charge on any atom is -0.414 e. The molecule has 1 fully saturated rings. The molecule has 0 aliphatic carbocycles. The van der Waals surface area contributed by atoms with Crippen LogP contribution >= 0.6 is 11.8 Å². The fourth-order valence-electron chi connectivity index (χ4n) is 3.70. The number of hydrogen-bond acceptors (Lipinski definition) is 6. The van der Waals surface area contributed by atoms with Gasteiger partial charge in [-0.2, -0.15) is 0 Å². The van der Waals surface area contributed by atoms with E-state index in [2.05, 4.69) is 72.7 Å². The highest BCUT2D eigenvalue weighted by Gasteiger charge is 2.53. The summed E-state index contributed by atoms with van der Waals surface area (Å²) in [6.07, 6.45) is 1.31. The van der Waals surface area contributed by atoms with E-state index in [0.717, 1.165) is 4.90 Å². The first kappa shape index (κ1) is 30.1. The van der Waals surface area contributed by atoms with Gasteiger partial charge in [-0.3, -0.25) is 14.3 Å². The minimum atomic E-state index is -2.18. The van der Waals surface area contributed by atoms with Crippen LogP contribution in [-0.2, 0) is 18.6 Å². The first-order chi connectivity index (χ1) is 16.9. The van der Waals surface area contributed by atoms with Crippen molar-refractivity contribution in [3.8, 4) is 0 Å². The van der Waals surface area contributed by atoms with Gasteiger partial charge in [0.1, 0.15) is 6.10 Å². The molecule has 0 unspecified atom stereocenters. The van der Waals surface area contributed by atoms with Crippen LogP contribution in [0.1, 0.15) is 48.0 Å². The zero-order chi connectivity index (χ0) is 27.9. The summed E-state index contributed by atoms with van der Waals surface area (Å²) in [4.78, 5) is 28.4. The average Bonchev–Trinajstić information content (AvgIpc) is 3.08. The fourth-order valence-corrected chi connectivity index (χ4v) is 7.38. The van der Waals surface area contributed by atoms with Crippen molar-refractivity contribution in [2.45, 2.75) is 106 Å². The van der Waals surface area contributed by atoms with Crippen LogP contribution in [-0.4, -0.2) is 45.0 Å². The van der Waals surface area contributed by atoms with E-state index in [-0.39, 0.29) is 22.3 Å². The van der Waals surface area contributed by atoms with Gasteiger partial charge in [0.15, 0.2) is 16.6 Å². The Morgan fingerprint density at radius 1 is 1.00 bits per heavy atom. The highest BCUT2D eigenvalue weighted by molar-refractivity contribution is 7.99. The third kappa shape index (κ3) is 6.77. The second-order valence-corrected chi connectivity index (χ2v) is 23.8. The van der Waals surface area contributed by atoms with Gasteiger partial charge >= 0.3 is 5.69 Å². The molecule has 1 aliphatic rings. The maximum atomic E-state index is 13.1. The van der Waals surface area contributed by atoms with Crippen LogP contribution in [0.4, 0.5) is 0 Å². The number of hydrogen-bond donors (Lipinski definition) is 1. The SMILES string of the molecule is CC(C)(C)[Si](C)(C)OC[C@H]1O[C@](Sc2ccccc2)(n2ccc(=O)[nH]c2=O)C[C@@H]1O[Si](C)(C)C(C)(C)C. The molecule has 1 aromatic heterocycles. The number of thioether (sulfide) groups is 1. The number of benzene rings is 1. The van der Waals surface area contributed by atoms with Gasteiger partial charge < -0.3 is 13.6 Å². The molecule has 206 valence electrons. The minimum absolute atomic E-state index is 0.00445. The van der Waals surface area contributed by atoms with Crippen LogP contribution in [0.2, 0.25) is 36.3 Å². The molecule has 37 heavy (non-hydrogen) atoms. The number of nitrogens with zero attached hydrogens (tertiary/aromatic N) is 1. The molecule has 1 aromatic carbocycles. The normalized spacial score (nSPS) is 23.4. The third-order valence-corrected chi connectivity index (χ3v) is 18.4. The second-order valence-electron chi connectivity index (χ2n) is 13.0. The Hall–Kier alpha value is -1.44. The molecule has 10 heteroatoms. The monoisotopic (exact) mass is 564 g/mol. The van der Waals surface area contributed by atoms with Crippen molar-refractivity contribution in [1.82, 2.24) is 9.55 Å². The Bertz CT molecular complexity index is 1180. The summed E-state index contributed by atoms with van der Waals surface area (Å²) in [5, 5.41) is -1.05. The topological polar surface area (TPSA) is 82.5 Å². The molecule has 1 aliphatic heterocycles. The Morgan fingerprint density at radius 3 is 2.14 bits per heavy atom. The number of rotatable bonds is 8. The Kier molecular flexibility index (Phi) is 8.64. The molecule has 0 spiro atoms. The van der Waals surface area contributed by atoms with Crippen LogP contribution in [0.5, 0.6) is 0 Å². The summed E-state index contributed by atoms with van der Waals surface area (Å²) < 4.78 is 21.9. The Labute approximate surface area is 227 Å². The summed E-state index contributed by atoms with van der Waals surface area (Å²) in [6, 6.07) is 11.2. The highest BCUT2D eigenvalue weighted by Crippen LogP contribution is 2.50. The van der Waals surface area contributed by atoms with Crippen LogP contribution in [0.15, 0.2) is 57.1 Å². The van der Waals surface area contributed by atoms with Crippen LogP contribution in [0.25, 0.3) is 0 Å². The smallest absolute Gasteiger partial charge is 0.331 e. The number of ether oxygens (including phenoxy) is 1. The summed E-state index contributed by atoms with van der Waals surface area (Å²) in [5.74, 6) is 0. The van der Waals surface area contributed by atoms with Crippen molar-refractivity contribution in [1.29, 1.82) is 0 Å². The molecule has 2 heterocycles. The van der Waals surface area contributed by atoms with Gasteiger partial charge in [-0.15, -0.1) is 0 Å². The lowest BCUT2D eigenvalue weighted by atomic mass is 10.2. The molecule has 3 atom stereocenters. The fraction of sp³-hybridized carbons (Fsp3) is 0.630. The van der Waals surface area contributed by atoms with Gasteiger partial charge in [0, 0.05) is 23.6 Å². The average molecular weight is 565 g/mol. The summed E-state index contributed by atoms with van der Waals surface area (Å²) >= 11 is 1.46. The van der Waals surface area contributed by atoms with Gasteiger partial charge in [0.05, 0.1) is 12.7 Å². The van der Waals surface area contributed by atoms with Gasteiger partial charge in [0.25, 0.3) is 5.56 Å². The standard InChI is InChI=1S/C27H44N2O5SSi2/c1-25(2,3)36(7,8)32-19-22-21(34-37(9,10)26(4,5)6)18-27(33-22,35-20-14-12-11-13-15-20)29-17-16-23(30)28-24(29)31/h11-17,21-22H,18-19H2,1-10H3,(H,28,30,31)/t21-,22+,27+/m0/s1. The largest absolute Gasteiger partial charge is 0.414 e. The zero-order valence-corrected chi connectivity index (χ0v) is 26.8. The van der Waals surface area contributed by atoms with E-state index in [1.165, 1.54) is 28.6 Å². The first-order valence-corrected chi connectivity index (χ1v) is 19.6. The van der Waals surface area contributed by atoms with Crippen molar-refractivity contribution in [2.75, 3.05) is 6.61 Å². The molecule has 1 N–H and O–H groups in total. The molecular formula is C27H44N2O5SSi2. The molecule has 7 nitrogen and oxygen atoms in total. The maximum absolute atomic E-state index is 13.1. The van der Waals surface area contributed by atoms with Gasteiger partial charge in [-0.25, -0.2) is 4.79 Å². The van der Waals surface area contributed by atoms with Crippen molar-refractivity contribution < 1.29 is 13.6 Å². The first-order valence-electron chi connectivity index (χ1n) is 12.9. The number of aromatic amines is 1. The third-order valence-electron chi connectivity index (χ3n) is 8.09. The van der Waals surface area contributed by atoms with Crippen molar-refractivity contribution >= 4 is 28.4 Å². The molecule has 2 aromatic rings. The maximum Gasteiger partial charge on any atom is 0.331 e. The van der Waals surface area contributed by atoms with E-state index in [1.807, 2.05) is 30.3 Å². The van der Waals surface area contributed by atoms with Crippen LogP contribution in [0.3, 0.4) is 0 Å². The lowest BCUT2D eigenvalue weighted by Gasteiger charge is -2.40. The summed E-state index contributed by atoms with van der Waals surface area (Å²) in [5.41, 5.74) is -0.945. The van der Waals surface area contributed by atoms with Gasteiger partial charge in [-0.05, 0) is 48.4 Å². The van der Waals surface area contributed by atoms with E-state index in [4.69, 9.17) is 13.6 Å². The quantitative estimate of drug-likeness (QED) is 0.388. The molecule has 0 radical (unpaired) electrons. The van der Waals surface area contributed by atoms with Crippen LogP contribution in [0, 0.1) is 0 Å². The highest BCUT2D eigenvalue weighted by atomic mass is 32.2. The van der Waals surface area contributed by atoms with Crippen molar-refractivity contribution in [3.63, 3.8) is 0 Å². The Morgan fingerprint density at radius 2 is 1.59 bits per heavy atom. The molecule has 3 rings (SSSR count). The second kappa shape index (κ2) is 10.6. The predicted octanol–water partition coefficient (Wildman–Crippen LogP) is 6.14. The number of nitrogens with one attached hydrogen (secondary N) is 1. The van der Waals surface area contributed by atoms with Gasteiger partial charge in [0.2, 0.25) is 5.06 Å². The van der Waals surface area contributed by atoms with E-state index in [1.54, 1.807) is 0 Å². The van der Waals surface area contributed by atoms with E-state index < -0.39 is 32.9 Å². The lowest BCUT2D eigenvalue weighted by molar-refractivity contribution is -0.0608. The number of aromatic nitrogens is 2. The van der Waals surface area contributed by atoms with Gasteiger partial charge in [-0.1, -0.05) is 71.5 Å². The number of H-pyrrole nitrogens is 1. The summed E-state index contributed by atoms with van der Waals surface area (Å²) in [6.45, 7) is 22.6. The van der Waals surface area contributed by atoms with Crippen molar-refractivity contribution in [2.24, 2.45) is 0 Å². The molecule has 1 saturated heterocycles. The van der Waals surface area contributed by atoms with E-state index >= 15 is 0 Å². The van der Waals surface area contributed by atoms with E-state index in [0.29, 0.717) is 13.0 Å². The molecular weight excluding hydrogens is 521 g/mol. The predicted molar refractivity (Wildman–Crippen MR) is 156 cm³/mol. The molecule has 0 bridgehead atoms. The lowest BCUT2D eigenvalue weighted by Crippen LogP contribution is -2.48. The summed E-state index contributed by atoms with van der Waals surface area (Å²) in [7, 11) is -4.24. The van der Waals surface area contributed by atoms with Crippen molar-refractivity contribution in [3.05, 3.63) is 63.4 Å². The van der Waals surface area contributed by atoms with E-state index in [9.17, 15) is 9.59 Å². The molecule has 0 saturated carbocycles. The van der Waals surface area contributed by atoms with Crippen LogP contribution < -0.4 is 11.2 Å². The zero-order valence-electron chi connectivity index (χ0n) is 24.0. The Balaban J connectivity index is 2.07. The molecule has 0 amide bonds.